The third-order valence-electron chi connectivity index (χ3n) is 3.49. The fourth-order valence-electron chi connectivity index (χ4n) is 2.38. The van der Waals surface area contributed by atoms with Gasteiger partial charge in [-0.25, -0.2) is 4.79 Å². The lowest BCUT2D eigenvalue weighted by Gasteiger charge is -2.24. The number of thioether (sulfide) groups is 1. The number of carboxylic acid groups (broad SMARTS) is 1. The lowest BCUT2D eigenvalue weighted by molar-refractivity contribution is -0.385. The molecule has 6 nitrogen and oxygen atoms in total. The molecule has 0 bridgehead atoms. The summed E-state index contributed by atoms with van der Waals surface area (Å²) in [5, 5.41) is 20.2. The summed E-state index contributed by atoms with van der Waals surface area (Å²) in [6.07, 6.45) is 1.07. The minimum Gasteiger partial charge on any atom is -0.477 e. The van der Waals surface area contributed by atoms with Crippen LogP contribution in [0.4, 0.5) is 5.69 Å². The Morgan fingerprint density at radius 2 is 2.35 bits per heavy atom. The lowest BCUT2D eigenvalue weighted by Crippen LogP contribution is -2.31. The third kappa shape index (κ3) is 3.10. The van der Waals surface area contributed by atoms with Crippen molar-refractivity contribution in [1.29, 1.82) is 0 Å². The van der Waals surface area contributed by atoms with E-state index < -0.39 is 10.9 Å². The molecular formula is C13H16N2O4S. The van der Waals surface area contributed by atoms with Crippen LogP contribution in [0, 0.1) is 10.1 Å². The van der Waals surface area contributed by atoms with Crippen LogP contribution in [-0.2, 0) is 6.54 Å². The number of hydrogen-bond acceptors (Lipinski definition) is 5. The van der Waals surface area contributed by atoms with Gasteiger partial charge in [0.1, 0.15) is 5.56 Å². The van der Waals surface area contributed by atoms with Gasteiger partial charge in [0.15, 0.2) is 0 Å². The Balaban J connectivity index is 2.28. The first-order valence-electron chi connectivity index (χ1n) is 6.28. The molecule has 0 aliphatic carbocycles. The number of carbonyl (C=O) groups is 1. The van der Waals surface area contributed by atoms with Crippen molar-refractivity contribution in [3.63, 3.8) is 0 Å². The highest BCUT2D eigenvalue weighted by Gasteiger charge is 2.26. The van der Waals surface area contributed by atoms with Crippen molar-refractivity contribution in [2.24, 2.45) is 0 Å². The molecule has 0 radical (unpaired) electrons. The Kier molecular flexibility index (Phi) is 4.61. The van der Waals surface area contributed by atoms with Crippen molar-refractivity contribution in [2.45, 2.75) is 19.0 Å². The van der Waals surface area contributed by atoms with E-state index >= 15 is 0 Å². The van der Waals surface area contributed by atoms with Crippen molar-refractivity contribution in [1.82, 2.24) is 4.90 Å². The van der Waals surface area contributed by atoms with Gasteiger partial charge in [-0.15, -0.1) is 0 Å². The molecule has 1 atom stereocenters. The quantitative estimate of drug-likeness (QED) is 0.662. The van der Waals surface area contributed by atoms with Gasteiger partial charge in [0.25, 0.3) is 5.69 Å². The number of nitro benzene ring substituents is 1. The number of hydrogen-bond donors (Lipinski definition) is 1. The Bertz CT molecular complexity index is 529. The van der Waals surface area contributed by atoms with Crippen LogP contribution in [0.2, 0.25) is 0 Å². The predicted octanol–water partition coefficient (Wildman–Crippen LogP) is 2.23. The van der Waals surface area contributed by atoms with Crippen LogP contribution in [-0.4, -0.2) is 45.5 Å². The Hall–Kier alpha value is -1.60. The molecule has 108 valence electrons. The van der Waals surface area contributed by atoms with Crippen molar-refractivity contribution >= 4 is 23.4 Å². The van der Waals surface area contributed by atoms with E-state index in [0.29, 0.717) is 18.2 Å². The first kappa shape index (κ1) is 14.8. The number of aromatic carboxylic acids is 1. The summed E-state index contributed by atoms with van der Waals surface area (Å²) in [6, 6.07) is 4.82. The number of rotatable bonds is 5. The summed E-state index contributed by atoms with van der Waals surface area (Å²) in [4.78, 5) is 23.7. The minimum absolute atomic E-state index is 0.199. The Morgan fingerprint density at radius 1 is 1.60 bits per heavy atom. The molecule has 0 aromatic heterocycles. The summed E-state index contributed by atoms with van der Waals surface area (Å²) < 4.78 is 0. The van der Waals surface area contributed by atoms with Gasteiger partial charge in [-0.05, 0) is 24.8 Å². The van der Waals surface area contributed by atoms with Crippen molar-refractivity contribution in [3.8, 4) is 0 Å². The molecule has 0 spiro atoms. The topological polar surface area (TPSA) is 83.7 Å². The maximum atomic E-state index is 11.3. The highest BCUT2D eigenvalue weighted by atomic mass is 32.2. The largest absolute Gasteiger partial charge is 0.477 e. The highest BCUT2D eigenvalue weighted by Crippen LogP contribution is 2.26. The van der Waals surface area contributed by atoms with Crippen LogP contribution in [0.3, 0.4) is 0 Å². The average Bonchev–Trinajstić information content (AvgIpc) is 2.91. The van der Waals surface area contributed by atoms with Crippen LogP contribution >= 0.6 is 11.8 Å². The molecule has 1 aliphatic rings. The van der Waals surface area contributed by atoms with Crippen LogP contribution < -0.4 is 0 Å². The first-order chi connectivity index (χ1) is 9.50. The maximum absolute atomic E-state index is 11.3. The van der Waals surface area contributed by atoms with E-state index in [-0.39, 0.29) is 11.3 Å². The van der Waals surface area contributed by atoms with Crippen molar-refractivity contribution in [3.05, 3.63) is 39.4 Å². The van der Waals surface area contributed by atoms with Crippen LogP contribution in [0.25, 0.3) is 0 Å². The molecule has 1 aromatic rings. The normalized spacial score (nSPS) is 18.4. The molecule has 7 heteroatoms. The average molecular weight is 296 g/mol. The monoisotopic (exact) mass is 296 g/mol. The fourth-order valence-corrected chi connectivity index (χ4v) is 3.68. The smallest absolute Gasteiger partial charge is 0.343 e. The molecule has 0 saturated carbocycles. The Morgan fingerprint density at radius 3 is 2.90 bits per heavy atom. The molecule has 2 rings (SSSR count). The van der Waals surface area contributed by atoms with Gasteiger partial charge >= 0.3 is 5.97 Å². The second-order valence-corrected chi connectivity index (χ2v) is 5.96. The van der Waals surface area contributed by atoms with Gasteiger partial charge in [-0.2, -0.15) is 11.8 Å². The zero-order chi connectivity index (χ0) is 14.7. The van der Waals surface area contributed by atoms with E-state index in [9.17, 15) is 20.0 Å². The second-order valence-electron chi connectivity index (χ2n) is 4.81. The summed E-state index contributed by atoms with van der Waals surface area (Å²) >= 11 is 1.87. The molecule has 1 unspecified atom stereocenters. The Labute approximate surface area is 120 Å². The van der Waals surface area contributed by atoms with Gasteiger partial charge in [-0.1, -0.05) is 12.1 Å². The second kappa shape index (κ2) is 6.23. The number of nitro groups is 1. The van der Waals surface area contributed by atoms with Crippen molar-refractivity contribution < 1.29 is 14.8 Å². The lowest BCUT2D eigenvalue weighted by atomic mass is 10.0. The summed E-state index contributed by atoms with van der Waals surface area (Å²) in [6.45, 7) is 0.411. The van der Waals surface area contributed by atoms with Gasteiger partial charge in [0, 0.05) is 24.4 Å². The number of benzene rings is 1. The third-order valence-corrected chi connectivity index (χ3v) is 4.63. The fraction of sp³-hybridized carbons (Fsp3) is 0.462. The molecule has 1 heterocycles. The van der Waals surface area contributed by atoms with Gasteiger partial charge in [-0.3, -0.25) is 15.0 Å². The van der Waals surface area contributed by atoms with E-state index in [1.54, 1.807) is 6.07 Å². The molecule has 20 heavy (non-hydrogen) atoms. The highest BCUT2D eigenvalue weighted by molar-refractivity contribution is 7.99. The van der Waals surface area contributed by atoms with Crippen LogP contribution in [0.15, 0.2) is 18.2 Å². The standard InChI is InChI=1S/C13H16N2O4S/c1-14(10-5-6-20-8-10)7-9-3-2-4-11(15(18)19)12(9)13(16)17/h2-4,10H,5-8H2,1H3,(H,16,17). The molecule has 0 amide bonds. The molecule has 1 fully saturated rings. The van der Waals surface area contributed by atoms with E-state index in [0.717, 1.165) is 17.9 Å². The zero-order valence-electron chi connectivity index (χ0n) is 11.1. The molecule has 1 aromatic carbocycles. The summed E-state index contributed by atoms with van der Waals surface area (Å²) in [5.41, 5.74) is -0.0507. The summed E-state index contributed by atoms with van der Waals surface area (Å²) in [7, 11) is 1.93. The SMILES string of the molecule is CN(Cc1cccc([N+](=O)[O-])c1C(=O)O)C1CCSC1. The summed E-state index contributed by atoms with van der Waals surface area (Å²) in [5.74, 6) is 0.880. The molecular weight excluding hydrogens is 280 g/mol. The molecule has 1 aliphatic heterocycles. The number of nitrogens with zero attached hydrogens (tertiary/aromatic N) is 2. The van der Waals surface area contributed by atoms with E-state index in [1.165, 1.54) is 12.1 Å². The zero-order valence-corrected chi connectivity index (χ0v) is 11.9. The van der Waals surface area contributed by atoms with E-state index in [2.05, 4.69) is 4.90 Å². The minimum atomic E-state index is -1.25. The van der Waals surface area contributed by atoms with Crippen LogP contribution in [0.5, 0.6) is 0 Å². The molecule has 1 N–H and O–H groups in total. The first-order valence-corrected chi connectivity index (χ1v) is 7.43. The predicted molar refractivity (Wildman–Crippen MR) is 77.3 cm³/mol. The van der Waals surface area contributed by atoms with E-state index in [4.69, 9.17) is 0 Å². The van der Waals surface area contributed by atoms with Gasteiger partial charge in [0.05, 0.1) is 4.92 Å². The van der Waals surface area contributed by atoms with Crippen molar-refractivity contribution in [2.75, 3.05) is 18.6 Å². The van der Waals surface area contributed by atoms with Crippen LogP contribution in [0.1, 0.15) is 22.3 Å². The van der Waals surface area contributed by atoms with Gasteiger partial charge < -0.3 is 5.11 Å². The van der Waals surface area contributed by atoms with E-state index in [1.807, 2.05) is 18.8 Å². The number of carboxylic acids is 1. The molecule has 1 saturated heterocycles. The van der Waals surface area contributed by atoms with Gasteiger partial charge in [0.2, 0.25) is 0 Å². The maximum Gasteiger partial charge on any atom is 0.343 e.